The molecule has 6 nitrogen and oxygen atoms in total. The average Bonchev–Trinajstić information content (AvgIpc) is 2.41. The fraction of sp³-hybridized carbons (Fsp3) is 0.462. The van der Waals surface area contributed by atoms with E-state index in [1.54, 1.807) is 37.3 Å². The molecular weight excluding hydrogens is 246 g/mol. The van der Waals surface area contributed by atoms with E-state index >= 15 is 0 Å². The Morgan fingerprint density at radius 2 is 1.68 bits per heavy atom. The van der Waals surface area contributed by atoms with Crippen molar-refractivity contribution < 1.29 is 14.3 Å². The van der Waals surface area contributed by atoms with Gasteiger partial charge in [0.05, 0.1) is 24.6 Å². The maximum atomic E-state index is 12.3. The Labute approximate surface area is 113 Å². The van der Waals surface area contributed by atoms with Crippen molar-refractivity contribution in [3.63, 3.8) is 0 Å². The van der Waals surface area contributed by atoms with Gasteiger partial charge in [-0.1, -0.05) is 0 Å². The molecule has 0 radical (unpaired) electrons. The average molecular weight is 267 g/mol. The van der Waals surface area contributed by atoms with Gasteiger partial charge in [-0.3, -0.25) is 4.79 Å². The van der Waals surface area contributed by atoms with Crippen LogP contribution in [0.3, 0.4) is 0 Å². The summed E-state index contributed by atoms with van der Waals surface area (Å²) in [5, 5.41) is 0. The Morgan fingerprint density at radius 3 is 2.16 bits per heavy atom. The zero-order valence-electron chi connectivity index (χ0n) is 11.4. The summed E-state index contributed by atoms with van der Waals surface area (Å²) in [6.07, 6.45) is 0. The molecular formula is C13H21N3O3. The molecule has 0 bridgehead atoms. The Hall–Kier alpha value is -1.79. The highest BCUT2D eigenvalue weighted by Gasteiger charge is 2.15. The lowest BCUT2D eigenvalue weighted by molar-refractivity contribution is 0.0627. The molecule has 0 saturated heterocycles. The summed E-state index contributed by atoms with van der Waals surface area (Å²) in [6.45, 7) is 1.95. The number of nitrogens with zero attached hydrogens (tertiary/aromatic N) is 1. The van der Waals surface area contributed by atoms with Gasteiger partial charge in [-0.2, -0.15) is 0 Å². The van der Waals surface area contributed by atoms with Crippen molar-refractivity contribution in [1.29, 1.82) is 0 Å². The third-order valence-corrected chi connectivity index (χ3v) is 2.75. The van der Waals surface area contributed by atoms with Gasteiger partial charge in [0.2, 0.25) is 0 Å². The molecule has 6 heteroatoms. The van der Waals surface area contributed by atoms with Crippen LogP contribution in [0.5, 0.6) is 0 Å². The Kier molecular flexibility index (Phi) is 6.11. The van der Waals surface area contributed by atoms with Crippen LogP contribution in [0.15, 0.2) is 18.2 Å². The highest BCUT2D eigenvalue weighted by Crippen LogP contribution is 2.17. The van der Waals surface area contributed by atoms with E-state index < -0.39 is 0 Å². The van der Waals surface area contributed by atoms with Crippen molar-refractivity contribution in [3.8, 4) is 0 Å². The monoisotopic (exact) mass is 267 g/mol. The summed E-state index contributed by atoms with van der Waals surface area (Å²) in [4.78, 5) is 14.0. The van der Waals surface area contributed by atoms with Gasteiger partial charge in [0.1, 0.15) is 0 Å². The number of carbonyl (C=O) groups excluding carboxylic acids is 1. The predicted molar refractivity (Wildman–Crippen MR) is 74.9 cm³/mol. The highest BCUT2D eigenvalue weighted by atomic mass is 16.5. The van der Waals surface area contributed by atoms with E-state index in [1.807, 2.05) is 0 Å². The van der Waals surface area contributed by atoms with Crippen molar-refractivity contribution in [2.75, 3.05) is 52.0 Å². The molecule has 0 fully saturated rings. The summed E-state index contributed by atoms with van der Waals surface area (Å²) in [5.41, 5.74) is 12.7. The first kappa shape index (κ1) is 15.3. The molecule has 0 aliphatic carbocycles. The third kappa shape index (κ3) is 4.42. The SMILES string of the molecule is COCCN(CCOC)C(=O)c1ccc(N)c(N)c1. The van der Waals surface area contributed by atoms with E-state index in [4.69, 9.17) is 20.9 Å². The molecule has 0 unspecified atom stereocenters. The fourth-order valence-corrected chi connectivity index (χ4v) is 1.61. The molecule has 1 aromatic rings. The number of nitrogen functional groups attached to an aromatic ring is 2. The van der Waals surface area contributed by atoms with Gasteiger partial charge in [0, 0.05) is 32.9 Å². The molecule has 0 aliphatic rings. The maximum Gasteiger partial charge on any atom is 0.254 e. The summed E-state index contributed by atoms with van der Waals surface area (Å²) in [7, 11) is 3.19. The number of benzene rings is 1. The zero-order valence-corrected chi connectivity index (χ0v) is 11.4. The number of methoxy groups -OCH3 is 2. The zero-order chi connectivity index (χ0) is 14.3. The number of amides is 1. The molecule has 0 aliphatic heterocycles. The number of carbonyl (C=O) groups is 1. The summed E-state index contributed by atoms with van der Waals surface area (Å²) in [5.74, 6) is -0.110. The third-order valence-electron chi connectivity index (χ3n) is 2.75. The standard InChI is InChI=1S/C13H21N3O3/c1-18-7-5-16(6-8-19-2)13(17)10-3-4-11(14)12(15)9-10/h3-4,9H,5-8,14-15H2,1-2H3. The van der Waals surface area contributed by atoms with Crippen molar-refractivity contribution >= 4 is 17.3 Å². The van der Waals surface area contributed by atoms with Gasteiger partial charge < -0.3 is 25.8 Å². The smallest absolute Gasteiger partial charge is 0.254 e. The molecule has 0 heterocycles. The quantitative estimate of drug-likeness (QED) is 0.705. The highest BCUT2D eigenvalue weighted by molar-refractivity contribution is 5.96. The van der Waals surface area contributed by atoms with E-state index in [-0.39, 0.29) is 5.91 Å². The van der Waals surface area contributed by atoms with Crippen molar-refractivity contribution in [2.24, 2.45) is 0 Å². The second-order valence-electron chi connectivity index (χ2n) is 4.12. The molecule has 1 rings (SSSR count). The van der Waals surface area contributed by atoms with Crippen LogP contribution in [-0.4, -0.2) is 51.3 Å². The number of hydrogen-bond donors (Lipinski definition) is 2. The van der Waals surface area contributed by atoms with Crippen LogP contribution in [0.4, 0.5) is 11.4 Å². The molecule has 19 heavy (non-hydrogen) atoms. The second kappa shape index (κ2) is 7.60. The molecule has 1 amide bonds. The Balaban J connectivity index is 2.81. The van der Waals surface area contributed by atoms with Gasteiger partial charge in [-0.05, 0) is 18.2 Å². The van der Waals surface area contributed by atoms with E-state index in [0.29, 0.717) is 43.2 Å². The van der Waals surface area contributed by atoms with Crippen LogP contribution in [0.25, 0.3) is 0 Å². The van der Waals surface area contributed by atoms with Gasteiger partial charge in [0.25, 0.3) is 5.91 Å². The molecule has 0 spiro atoms. The van der Waals surface area contributed by atoms with Gasteiger partial charge in [-0.25, -0.2) is 0 Å². The number of nitrogens with two attached hydrogens (primary N) is 2. The lowest BCUT2D eigenvalue weighted by atomic mass is 10.1. The topological polar surface area (TPSA) is 90.8 Å². The number of anilines is 2. The van der Waals surface area contributed by atoms with Crippen molar-refractivity contribution in [3.05, 3.63) is 23.8 Å². The minimum atomic E-state index is -0.110. The number of hydrogen-bond acceptors (Lipinski definition) is 5. The normalized spacial score (nSPS) is 10.4. The predicted octanol–water partition coefficient (Wildman–Crippen LogP) is 0.586. The van der Waals surface area contributed by atoms with E-state index in [1.165, 1.54) is 0 Å². The minimum Gasteiger partial charge on any atom is -0.397 e. The van der Waals surface area contributed by atoms with Crippen LogP contribution in [0.2, 0.25) is 0 Å². The van der Waals surface area contributed by atoms with Gasteiger partial charge >= 0.3 is 0 Å². The first-order chi connectivity index (χ1) is 9.10. The van der Waals surface area contributed by atoms with Gasteiger partial charge in [-0.15, -0.1) is 0 Å². The Bertz CT molecular complexity index is 416. The molecule has 106 valence electrons. The van der Waals surface area contributed by atoms with Crippen LogP contribution < -0.4 is 11.5 Å². The van der Waals surface area contributed by atoms with Crippen molar-refractivity contribution in [2.45, 2.75) is 0 Å². The lowest BCUT2D eigenvalue weighted by Crippen LogP contribution is -2.36. The van der Waals surface area contributed by atoms with E-state index in [2.05, 4.69) is 0 Å². The molecule has 0 saturated carbocycles. The number of ether oxygens (including phenoxy) is 2. The van der Waals surface area contributed by atoms with Crippen LogP contribution in [0.1, 0.15) is 10.4 Å². The first-order valence-corrected chi connectivity index (χ1v) is 6.02. The fourth-order valence-electron chi connectivity index (χ4n) is 1.61. The first-order valence-electron chi connectivity index (χ1n) is 6.02. The van der Waals surface area contributed by atoms with Crippen LogP contribution in [-0.2, 0) is 9.47 Å². The summed E-state index contributed by atoms with van der Waals surface area (Å²) in [6, 6.07) is 4.89. The van der Waals surface area contributed by atoms with Crippen molar-refractivity contribution in [1.82, 2.24) is 4.90 Å². The van der Waals surface area contributed by atoms with Crippen LogP contribution in [0, 0.1) is 0 Å². The second-order valence-corrected chi connectivity index (χ2v) is 4.12. The van der Waals surface area contributed by atoms with E-state index in [0.717, 1.165) is 0 Å². The molecule has 1 aromatic carbocycles. The molecule has 0 aromatic heterocycles. The van der Waals surface area contributed by atoms with E-state index in [9.17, 15) is 4.79 Å². The summed E-state index contributed by atoms with van der Waals surface area (Å²) < 4.78 is 10.0. The number of rotatable bonds is 7. The largest absolute Gasteiger partial charge is 0.397 e. The minimum absolute atomic E-state index is 0.110. The maximum absolute atomic E-state index is 12.3. The van der Waals surface area contributed by atoms with Crippen LogP contribution >= 0.6 is 0 Å². The molecule has 4 N–H and O–H groups in total. The van der Waals surface area contributed by atoms with Gasteiger partial charge in [0.15, 0.2) is 0 Å². The Morgan fingerprint density at radius 1 is 1.11 bits per heavy atom. The molecule has 0 atom stereocenters. The lowest BCUT2D eigenvalue weighted by Gasteiger charge is -2.22. The summed E-state index contributed by atoms with van der Waals surface area (Å²) >= 11 is 0.